The summed E-state index contributed by atoms with van der Waals surface area (Å²) in [6, 6.07) is 0. The minimum absolute atomic E-state index is 0.107. The number of rotatable bonds is 13. The number of carbonyl (C=O) groups is 3. The zero-order valence-corrected chi connectivity index (χ0v) is 14.2. The molecule has 0 fully saturated rings. The average molecular weight is 314 g/mol. The van der Waals surface area contributed by atoms with E-state index in [0.717, 1.165) is 44.9 Å². The molecule has 1 unspecified atom stereocenters. The van der Waals surface area contributed by atoms with E-state index in [4.69, 9.17) is 9.47 Å². The lowest BCUT2D eigenvalue weighted by Crippen LogP contribution is -2.21. The van der Waals surface area contributed by atoms with Crippen molar-refractivity contribution in [2.24, 2.45) is 0 Å². The van der Waals surface area contributed by atoms with Crippen molar-refractivity contribution in [3.63, 3.8) is 0 Å². The quantitative estimate of drug-likeness (QED) is 0.384. The van der Waals surface area contributed by atoms with Crippen LogP contribution in [0.2, 0.25) is 0 Å². The Balaban J connectivity index is 3.38. The normalized spacial score (nSPS) is 11.8. The van der Waals surface area contributed by atoms with Crippen molar-refractivity contribution in [3.05, 3.63) is 0 Å². The number of hydrogen-bond acceptors (Lipinski definition) is 5. The van der Waals surface area contributed by atoms with Crippen LogP contribution in [0.5, 0.6) is 0 Å². The second-order valence-corrected chi connectivity index (χ2v) is 5.58. The van der Waals surface area contributed by atoms with Crippen molar-refractivity contribution in [1.29, 1.82) is 0 Å². The minimum Gasteiger partial charge on any atom is -0.466 e. The number of Topliss-reactive ketones (excluding diaryl/α,β-unsaturated/α-hetero) is 1. The molecule has 0 aliphatic rings. The molecule has 0 aliphatic heterocycles. The SMILES string of the molecule is CCCOC(=O)CCCCCCCCC(=O)OC(C)C(C)=O. The van der Waals surface area contributed by atoms with E-state index in [9.17, 15) is 14.4 Å². The van der Waals surface area contributed by atoms with Gasteiger partial charge in [0.2, 0.25) is 0 Å². The predicted octanol–water partition coefficient (Wildman–Crippen LogP) is 3.58. The molecule has 0 aromatic heterocycles. The van der Waals surface area contributed by atoms with Gasteiger partial charge in [-0.05, 0) is 33.1 Å². The Bertz CT molecular complexity index is 338. The summed E-state index contributed by atoms with van der Waals surface area (Å²) in [6.45, 7) is 5.49. The molecule has 0 amide bonds. The van der Waals surface area contributed by atoms with Crippen molar-refractivity contribution in [1.82, 2.24) is 0 Å². The third-order valence-electron chi connectivity index (χ3n) is 3.36. The number of unbranched alkanes of at least 4 members (excludes halogenated alkanes) is 5. The fourth-order valence-electron chi connectivity index (χ4n) is 1.87. The molecular formula is C17H30O5. The highest BCUT2D eigenvalue weighted by Gasteiger charge is 2.12. The highest BCUT2D eigenvalue weighted by atomic mass is 16.5. The van der Waals surface area contributed by atoms with Gasteiger partial charge in [0.25, 0.3) is 0 Å². The fraction of sp³-hybridized carbons (Fsp3) is 0.824. The number of carbonyl (C=O) groups excluding carboxylic acids is 3. The van der Waals surface area contributed by atoms with E-state index in [1.54, 1.807) is 6.92 Å². The molecule has 0 rings (SSSR count). The van der Waals surface area contributed by atoms with Crippen LogP contribution in [0, 0.1) is 0 Å². The van der Waals surface area contributed by atoms with E-state index in [-0.39, 0.29) is 17.7 Å². The van der Waals surface area contributed by atoms with Crippen LogP contribution in [0.25, 0.3) is 0 Å². The van der Waals surface area contributed by atoms with Gasteiger partial charge in [-0.1, -0.05) is 32.6 Å². The van der Waals surface area contributed by atoms with Crippen molar-refractivity contribution in [2.45, 2.75) is 84.7 Å². The van der Waals surface area contributed by atoms with E-state index < -0.39 is 6.10 Å². The standard InChI is InChI=1S/C17H30O5/c1-4-13-21-16(19)11-9-7-5-6-8-10-12-17(20)22-15(3)14(2)18/h15H,4-13H2,1-3H3. The van der Waals surface area contributed by atoms with Gasteiger partial charge in [0.1, 0.15) is 0 Å². The van der Waals surface area contributed by atoms with Gasteiger partial charge in [-0.25, -0.2) is 0 Å². The molecule has 0 aromatic rings. The molecule has 1 atom stereocenters. The Hall–Kier alpha value is -1.39. The van der Waals surface area contributed by atoms with E-state index in [1.165, 1.54) is 6.92 Å². The first kappa shape index (κ1) is 20.6. The highest BCUT2D eigenvalue weighted by molar-refractivity contribution is 5.83. The summed E-state index contributed by atoms with van der Waals surface area (Å²) in [5.74, 6) is -0.545. The second kappa shape index (κ2) is 13.3. The number of esters is 2. The summed E-state index contributed by atoms with van der Waals surface area (Å²) in [6.07, 6.45) is 6.79. The third kappa shape index (κ3) is 12.4. The fourth-order valence-corrected chi connectivity index (χ4v) is 1.87. The average Bonchev–Trinajstić information content (AvgIpc) is 2.47. The first-order valence-electron chi connectivity index (χ1n) is 8.33. The van der Waals surface area contributed by atoms with Crippen LogP contribution in [-0.2, 0) is 23.9 Å². The van der Waals surface area contributed by atoms with Crippen molar-refractivity contribution in [3.8, 4) is 0 Å². The van der Waals surface area contributed by atoms with Gasteiger partial charge in [-0.3, -0.25) is 14.4 Å². The van der Waals surface area contributed by atoms with Crippen LogP contribution in [0.3, 0.4) is 0 Å². The van der Waals surface area contributed by atoms with Crippen LogP contribution in [-0.4, -0.2) is 30.4 Å². The molecule has 0 radical (unpaired) electrons. The smallest absolute Gasteiger partial charge is 0.306 e. The maximum Gasteiger partial charge on any atom is 0.306 e. The Morgan fingerprint density at radius 3 is 1.86 bits per heavy atom. The first-order chi connectivity index (χ1) is 10.5. The lowest BCUT2D eigenvalue weighted by molar-refractivity contribution is -0.153. The molecule has 0 heterocycles. The Labute approximate surface area is 133 Å². The molecule has 0 saturated carbocycles. The summed E-state index contributed by atoms with van der Waals surface area (Å²) in [4.78, 5) is 33.6. The molecule has 0 saturated heterocycles. The Morgan fingerprint density at radius 1 is 0.864 bits per heavy atom. The van der Waals surface area contributed by atoms with Gasteiger partial charge in [0, 0.05) is 12.8 Å². The number of ether oxygens (including phenoxy) is 2. The van der Waals surface area contributed by atoms with E-state index >= 15 is 0 Å². The van der Waals surface area contributed by atoms with Crippen molar-refractivity contribution in [2.75, 3.05) is 6.61 Å². The molecule has 5 heteroatoms. The molecule has 0 N–H and O–H groups in total. The molecule has 128 valence electrons. The van der Waals surface area contributed by atoms with Gasteiger partial charge in [-0.15, -0.1) is 0 Å². The zero-order chi connectivity index (χ0) is 16.8. The van der Waals surface area contributed by atoms with Gasteiger partial charge in [-0.2, -0.15) is 0 Å². The van der Waals surface area contributed by atoms with Gasteiger partial charge >= 0.3 is 11.9 Å². The number of hydrogen-bond donors (Lipinski definition) is 0. The molecular weight excluding hydrogens is 284 g/mol. The summed E-state index contributed by atoms with van der Waals surface area (Å²) >= 11 is 0. The van der Waals surface area contributed by atoms with Crippen LogP contribution < -0.4 is 0 Å². The van der Waals surface area contributed by atoms with Crippen molar-refractivity contribution < 1.29 is 23.9 Å². The topological polar surface area (TPSA) is 69.7 Å². The third-order valence-corrected chi connectivity index (χ3v) is 3.36. The molecule has 0 aromatic carbocycles. The second-order valence-electron chi connectivity index (χ2n) is 5.58. The predicted molar refractivity (Wildman–Crippen MR) is 84.4 cm³/mol. The highest BCUT2D eigenvalue weighted by Crippen LogP contribution is 2.10. The molecule has 0 aliphatic carbocycles. The van der Waals surface area contributed by atoms with Crippen LogP contribution >= 0.6 is 0 Å². The lowest BCUT2D eigenvalue weighted by Gasteiger charge is -2.09. The lowest BCUT2D eigenvalue weighted by atomic mass is 10.1. The summed E-state index contributed by atoms with van der Waals surface area (Å²) < 4.78 is 9.97. The summed E-state index contributed by atoms with van der Waals surface area (Å²) in [5, 5.41) is 0. The van der Waals surface area contributed by atoms with Crippen LogP contribution in [0.1, 0.15) is 78.6 Å². The first-order valence-corrected chi connectivity index (χ1v) is 8.33. The van der Waals surface area contributed by atoms with Crippen LogP contribution in [0.15, 0.2) is 0 Å². The molecule has 22 heavy (non-hydrogen) atoms. The van der Waals surface area contributed by atoms with Crippen molar-refractivity contribution >= 4 is 17.7 Å². The Morgan fingerprint density at radius 2 is 1.36 bits per heavy atom. The Kier molecular flexibility index (Phi) is 12.4. The molecule has 0 bridgehead atoms. The molecule has 0 spiro atoms. The maximum absolute atomic E-state index is 11.4. The van der Waals surface area contributed by atoms with E-state index in [0.29, 0.717) is 19.4 Å². The van der Waals surface area contributed by atoms with E-state index in [2.05, 4.69) is 0 Å². The van der Waals surface area contributed by atoms with Gasteiger partial charge < -0.3 is 9.47 Å². The van der Waals surface area contributed by atoms with Gasteiger partial charge in [0.05, 0.1) is 6.61 Å². The largest absolute Gasteiger partial charge is 0.466 e. The number of ketones is 1. The minimum atomic E-state index is -0.639. The summed E-state index contributed by atoms with van der Waals surface area (Å²) in [5.41, 5.74) is 0. The maximum atomic E-state index is 11.4. The van der Waals surface area contributed by atoms with E-state index in [1.807, 2.05) is 6.92 Å². The van der Waals surface area contributed by atoms with Crippen LogP contribution in [0.4, 0.5) is 0 Å². The zero-order valence-electron chi connectivity index (χ0n) is 14.2. The molecule has 5 nitrogen and oxygen atoms in total. The summed E-state index contributed by atoms with van der Waals surface area (Å²) in [7, 11) is 0. The monoisotopic (exact) mass is 314 g/mol. The van der Waals surface area contributed by atoms with Gasteiger partial charge in [0.15, 0.2) is 11.9 Å².